The molecule has 0 spiro atoms. The van der Waals surface area contributed by atoms with Gasteiger partial charge in [0.15, 0.2) is 0 Å². The summed E-state index contributed by atoms with van der Waals surface area (Å²) in [7, 11) is 1.89. The van der Waals surface area contributed by atoms with Gasteiger partial charge in [-0.1, -0.05) is 13.8 Å². The lowest BCUT2D eigenvalue weighted by atomic mass is 10.2. The second kappa shape index (κ2) is 3.96. The van der Waals surface area contributed by atoms with Gasteiger partial charge in [-0.05, 0) is 18.2 Å². The number of aryl methyl sites for hydroxylation is 1. The summed E-state index contributed by atoms with van der Waals surface area (Å²) in [5, 5.41) is 8.10. The summed E-state index contributed by atoms with van der Waals surface area (Å²) in [5.41, 5.74) is 1.83. The Balaban J connectivity index is 2.32. The number of benzene rings is 1. The molecule has 0 bridgehead atoms. The number of nitrogens with zero attached hydrogens (tertiary/aromatic N) is 2. The van der Waals surface area contributed by atoms with Gasteiger partial charge in [-0.2, -0.15) is 5.10 Å². The van der Waals surface area contributed by atoms with E-state index in [-0.39, 0.29) is 11.8 Å². The summed E-state index contributed by atoms with van der Waals surface area (Å²) < 4.78 is 1.79. The van der Waals surface area contributed by atoms with Crippen molar-refractivity contribution in [2.24, 2.45) is 13.0 Å². The van der Waals surface area contributed by atoms with Crippen LogP contribution in [0, 0.1) is 5.92 Å². The van der Waals surface area contributed by atoms with Crippen LogP contribution in [-0.4, -0.2) is 15.7 Å². The molecule has 0 atom stereocenters. The second-order valence-electron chi connectivity index (χ2n) is 4.19. The van der Waals surface area contributed by atoms with E-state index in [1.807, 2.05) is 45.3 Å². The number of hydrogen-bond donors (Lipinski definition) is 1. The molecular weight excluding hydrogens is 202 g/mol. The number of nitrogens with one attached hydrogen (secondary N) is 1. The second-order valence-corrected chi connectivity index (χ2v) is 4.19. The molecule has 4 heteroatoms. The maximum atomic E-state index is 11.5. The van der Waals surface area contributed by atoms with Crippen molar-refractivity contribution in [2.75, 3.05) is 5.32 Å². The van der Waals surface area contributed by atoms with Crippen LogP contribution in [0.15, 0.2) is 24.4 Å². The summed E-state index contributed by atoms with van der Waals surface area (Å²) in [4.78, 5) is 11.5. The number of anilines is 1. The Morgan fingerprint density at radius 1 is 1.44 bits per heavy atom. The maximum absolute atomic E-state index is 11.5. The lowest BCUT2D eigenvalue weighted by Crippen LogP contribution is -2.17. The lowest BCUT2D eigenvalue weighted by Gasteiger charge is -2.07. The molecule has 0 saturated carbocycles. The van der Waals surface area contributed by atoms with E-state index in [0.717, 1.165) is 16.6 Å². The summed E-state index contributed by atoms with van der Waals surface area (Å²) in [6.45, 7) is 3.75. The Bertz CT molecular complexity index is 528. The van der Waals surface area contributed by atoms with Crippen molar-refractivity contribution in [2.45, 2.75) is 13.8 Å². The van der Waals surface area contributed by atoms with Crippen LogP contribution in [0.1, 0.15) is 13.8 Å². The van der Waals surface area contributed by atoms with Gasteiger partial charge in [0.25, 0.3) is 0 Å². The molecule has 0 radical (unpaired) electrons. The van der Waals surface area contributed by atoms with Crippen molar-refractivity contribution in [3.63, 3.8) is 0 Å². The fraction of sp³-hybridized carbons (Fsp3) is 0.333. The van der Waals surface area contributed by atoms with Gasteiger partial charge in [0.05, 0.1) is 11.7 Å². The highest BCUT2D eigenvalue weighted by atomic mass is 16.1. The van der Waals surface area contributed by atoms with Crippen molar-refractivity contribution in [1.82, 2.24) is 9.78 Å². The predicted molar refractivity (Wildman–Crippen MR) is 64.2 cm³/mol. The number of aromatic nitrogens is 2. The number of hydrogen-bond acceptors (Lipinski definition) is 2. The van der Waals surface area contributed by atoms with E-state index in [2.05, 4.69) is 10.4 Å². The zero-order valence-electron chi connectivity index (χ0n) is 9.69. The zero-order chi connectivity index (χ0) is 11.7. The van der Waals surface area contributed by atoms with Crippen molar-refractivity contribution in [3.8, 4) is 0 Å². The fourth-order valence-electron chi connectivity index (χ4n) is 1.51. The van der Waals surface area contributed by atoms with E-state index >= 15 is 0 Å². The molecule has 0 aliphatic rings. The molecule has 1 aromatic carbocycles. The quantitative estimate of drug-likeness (QED) is 0.838. The Hall–Kier alpha value is -1.84. The monoisotopic (exact) mass is 217 g/mol. The third-order valence-corrected chi connectivity index (χ3v) is 2.54. The molecule has 0 aliphatic heterocycles. The number of carbonyl (C=O) groups excluding carboxylic acids is 1. The van der Waals surface area contributed by atoms with Crippen LogP contribution >= 0.6 is 0 Å². The molecule has 2 rings (SSSR count). The van der Waals surface area contributed by atoms with Gasteiger partial charge in [0.1, 0.15) is 0 Å². The topological polar surface area (TPSA) is 46.9 Å². The molecular formula is C12H15N3O. The third kappa shape index (κ3) is 1.91. The smallest absolute Gasteiger partial charge is 0.226 e. The molecule has 1 heterocycles. The molecule has 0 unspecified atom stereocenters. The van der Waals surface area contributed by atoms with E-state index in [0.29, 0.717) is 0 Å². The predicted octanol–water partition coefficient (Wildman–Crippen LogP) is 2.17. The SMILES string of the molecule is CC(C)C(=O)Nc1ccc2cnn(C)c2c1. The Labute approximate surface area is 94.3 Å². The first-order chi connectivity index (χ1) is 7.58. The van der Waals surface area contributed by atoms with Crippen LogP contribution in [-0.2, 0) is 11.8 Å². The molecule has 1 amide bonds. The van der Waals surface area contributed by atoms with E-state index in [1.165, 1.54) is 0 Å². The lowest BCUT2D eigenvalue weighted by molar-refractivity contribution is -0.118. The normalized spacial score (nSPS) is 11.0. The third-order valence-electron chi connectivity index (χ3n) is 2.54. The van der Waals surface area contributed by atoms with Crippen LogP contribution in [0.4, 0.5) is 5.69 Å². The van der Waals surface area contributed by atoms with Crippen LogP contribution < -0.4 is 5.32 Å². The number of amides is 1. The van der Waals surface area contributed by atoms with Gasteiger partial charge >= 0.3 is 0 Å². The first-order valence-electron chi connectivity index (χ1n) is 5.30. The fourth-order valence-corrected chi connectivity index (χ4v) is 1.51. The highest BCUT2D eigenvalue weighted by Gasteiger charge is 2.08. The molecule has 4 nitrogen and oxygen atoms in total. The van der Waals surface area contributed by atoms with E-state index in [4.69, 9.17) is 0 Å². The minimum absolute atomic E-state index is 0.0118. The Kier molecular flexibility index (Phi) is 2.64. The standard InChI is InChI=1S/C12H15N3O/c1-8(2)12(16)14-10-5-4-9-7-13-15(3)11(9)6-10/h4-8H,1-3H3,(H,14,16). The first kappa shape index (κ1) is 10.7. The summed E-state index contributed by atoms with van der Waals surface area (Å²) in [6, 6.07) is 5.78. The molecule has 2 aromatic rings. The number of rotatable bonds is 2. The summed E-state index contributed by atoms with van der Waals surface area (Å²) in [5.74, 6) is 0.0174. The van der Waals surface area contributed by atoms with E-state index < -0.39 is 0 Å². The molecule has 0 aliphatic carbocycles. The molecule has 16 heavy (non-hydrogen) atoms. The molecule has 1 N–H and O–H groups in total. The van der Waals surface area contributed by atoms with Crippen LogP contribution in [0.2, 0.25) is 0 Å². The average molecular weight is 217 g/mol. The van der Waals surface area contributed by atoms with Crippen LogP contribution in [0.5, 0.6) is 0 Å². The van der Waals surface area contributed by atoms with Crippen molar-refractivity contribution in [1.29, 1.82) is 0 Å². The minimum Gasteiger partial charge on any atom is -0.326 e. The van der Waals surface area contributed by atoms with Crippen molar-refractivity contribution < 1.29 is 4.79 Å². The molecule has 1 aromatic heterocycles. The number of fused-ring (bicyclic) bond motifs is 1. The van der Waals surface area contributed by atoms with Gasteiger partial charge in [-0.25, -0.2) is 0 Å². The molecule has 0 fully saturated rings. The largest absolute Gasteiger partial charge is 0.326 e. The minimum atomic E-state index is -0.0118. The van der Waals surface area contributed by atoms with Crippen molar-refractivity contribution >= 4 is 22.5 Å². The number of carbonyl (C=O) groups is 1. The Morgan fingerprint density at radius 2 is 2.19 bits per heavy atom. The highest BCUT2D eigenvalue weighted by molar-refractivity contribution is 5.94. The van der Waals surface area contributed by atoms with Crippen LogP contribution in [0.3, 0.4) is 0 Å². The Morgan fingerprint density at radius 3 is 2.88 bits per heavy atom. The highest BCUT2D eigenvalue weighted by Crippen LogP contribution is 2.18. The zero-order valence-corrected chi connectivity index (χ0v) is 9.69. The van der Waals surface area contributed by atoms with Gasteiger partial charge in [-0.3, -0.25) is 9.48 Å². The van der Waals surface area contributed by atoms with Gasteiger partial charge in [0, 0.05) is 24.0 Å². The van der Waals surface area contributed by atoms with Gasteiger partial charge in [-0.15, -0.1) is 0 Å². The van der Waals surface area contributed by atoms with E-state index in [9.17, 15) is 4.79 Å². The maximum Gasteiger partial charge on any atom is 0.226 e. The molecule has 84 valence electrons. The van der Waals surface area contributed by atoms with Crippen molar-refractivity contribution in [3.05, 3.63) is 24.4 Å². The van der Waals surface area contributed by atoms with Gasteiger partial charge < -0.3 is 5.32 Å². The summed E-state index contributed by atoms with van der Waals surface area (Å²) in [6.07, 6.45) is 1.81. The average Bonchev–Trinajstić information content (AvgIpc) is 2.60. The van der Waals surface area contributed by atoms with E-state index in [1.54, 1.807) is 4.68 Å². The summed E-state index contributed by atoms with van der Waals surface area (Å²) >= 11 is 0. The van der Waals surface area contributed by atoms with Crippen LogP contribution in [0.25, 0.3) is 10.9 Å². The van der Waals surface area contributed by atoms with Gasteiger partial charge in [0.2, 0.25) is 5.91 Å². The molecule has 0 saturated heterocycles. The first-order valence-corrected chi connectivity index (χ1v) is 5.30.